The fourth-order valence-corrected chi connectivity index (χ4v) is 3.28. The molecule has 0 aromatic heterocycles. The molecule has 2 unspecified atom stereocenters. The maximum atomic E-state index is 6.10. The standard InChI is InChI=1S/C17H28N2/c1-14(2)16-9-6-10-17(11-16,13-18)19-12-15-7-4-3-5-8-15/h3-5,7-8,14,16,19H,6,9-13,18H2,1-2H3. The summed E-state index contributed by atoms with van der Waals surface area (Å²) < 4.78 is 0. The highest BCUT2D eigenvalue weighted by Crippen LogP contribution is 2.36. The van der Waals surface area contributed by atoms with Crippen molar-refractivity contribution in [2.75, 3.05) is 6.54 Å². The fraction of sp³-hybridized carbons (Fsp3) is 0.647. The number of benzene rings is 1. The molecule has 0 heterocycles. The Labute approximate surface area is 117 Å². The van der Waals surface area contributed by atoms with Gasteiger partial charge in [-0.15, -0.1) is 0 Å². The highest BCUT2D eigenvalue weighted by atomic mass is 15.0. The second-order valence-corrected chi connectivity index (χ2v) is 6.42. The Hall–Kier alpha value is -0.860. The summed E-state index contributed by atoms with van der Waals surface area (Å²) in [5.41, 5.74) is 7.61. The molecule has 2 rings (SSSR count). The van der Waals surface area contributed by atoms with Gasteiger partial charge >= 0.3 is 0 Å². The average molecular weight is 260 g/mol. The zero-order valence-corrected chi connectivity index (χ0v) is 12.4. The van der Waals surface area contributed by atoms with E-state index in [9.17, 15) is 0 Å². The Morgan fingerprint density at radius 2 is 2.05 bits per heavy atom. The summed E-state index contributed by atoms with van der Waals surface area (Å²) in [4.78, 5) is 0. The van der Waals surface area contributed by atoms with Crippen LogP contribution in [0.15, 0.2) is 30.3 Å². The summed E-state index contributed by atoms with van der Waals surface area (Å²) in [7, 11) is 0. The molecule has 0 amide bonds. The van der Waals surface area contributed by atoms with Crippen LogP contribution >= 0.6 is 0 Å². The van der Waals surface area contributed by atoms with E-state index in [2.05, 4.69) is 49.5 Å². The molecule has 1 saturated carbocycles. The first-order valence-electron chi connectivity index (χ1n) is 7.64. The van der Waals surface area contributed by atoms with E-state index < -0.39 is 0 Å². The molecule has 1 aliphatic carbocycles. The van der Waals surface area contributed by atoms with Gasteiger partial charge in [0.25, 0.3) is 0 Å². The first-order chi connectivity index (χ1) is 9.15. The van der Waals surface area contributed by atoms with Gasteiger partial charge in [-0.1, -0.05) is 57.0 Å². The quantitative estimate of drug-likeness (QED) is 0.852. The van der Waals surface area contributed by atoms with E-state index in [1.807, 2.05) is 0 Å². The highest BCUT2D eigenvalue weighted by molar-refractivity contribution is 5.15. The van der Waals surface area contributed by atoms with Crippen LogP contribution in [0.2, 0.25) is 0 Å². The van der Waals surface area contributed by atoms with E-state index in [0.717, 1.165) is 24.9 Å². The van der Waals surface area contributed by atoms with Gasteiger partial charge in [-0.3, -0.25) is 0 Å². The zero-order chi connectivity index (χ0) is 13.7. The molecule has 19 heavy (non-hydrogen) atoms. The molecule has 2 heteroatoms. The van der Waals surface area contributed by atoms with Gasteiger partial charge in [0.15, 0.2) is 0 Å². The van der Waals surface area contributed by atoms with Crippen LogP contribution in [-0.4, -0.2) is 12.1 Å². The molecule has 106 valence electrons. The Balaban J connectivity index is 1.98. The van der Waals surface area contributed by atoms with Crippen LogP contribution < -0.4 is 11.1 Å². The molecule has 0 spiro atoms. The summed E-state index contributed by atoms with van der Waals surface area (Å²) in [6.07, 6.45) is 5.13. The van der Waals surface area contributed by atoms with Crippen molar-refractivity contribution in [2.45, 2.75) is 51.6 Å². The van der Waals surface area contributed by atoms with E-state index in [-0.39, 0.29) is 5.54 Å². The van der Waals surface area contributed by atoms with Gasteiger partial charge in [-0.2, -0.15) is 0 Å². The van der Waals surface area contributed by atoms with Gasteiger partial charge in [-0.05, 0) is 30.2 Å². The average Bonchev–Trinajstić information content (AvgIpc) is 2.46. The summed E-state index contributed by atoms with van der Waals surface area (Å²) in [6.45, 7) is 6.37. The molecular formula is C17H28N2. The highest BCUT2D eigenvalue weighted by Gasteiger charge is 2.35. The van der Waals surface area contributed by atoms with Crippen molar-refractivity contribution in [1.29, 1.82) is 0 Å². The van der Waals surface area contributed by atoms with E-state index >= 15 is 0 Å². The van der Waals surface area contributed by atoms with Gasteiger partial charge in [0.2, 0.25) is 0 Å². The zero-order valence-electron chi connectivity index (χ0n) is 12.4. The van der Waals surface area contributed by atoms with Crippen molar-refractivity contribution in [3.63, 3.8) is 0 Å². The molecule has 0 aliphatic heterocycles. The summed E-state index contributed by atoms with van der Waals surface area (Å²) in [5, 5.41) is 3.76. The van der Waals surface area contributed by atoms with Crippen LogP contribution in [0, 0.1) is 11.8 Å². The normalized spacial score (nSPS) is 27.7. The van der Waals surface area contributed by atoms with Crippen molar-refractivity contribution in [3.8, 4) is 0 Å². The molecule has 1 aliphatic rings. The van der Waals surface area contributed by atoms with Crippen LogP contribution in [0.25, 0.3) is 0 Å². The largest absolute Gasteiger partial charge is 0.329 e. The predicted octanol–water partition coefficient (Wildman–Crippen LogP) is 3.32. The summed E-state index contributed by atoms with van der Waals surface area (Å²) in [6, 6.07) is 10.6. The summed E-state index contributed by atoms with van der Waals surface area (Å²) >= 11 is 0. The monoisotopic (exact) mass is 260 g/mol. The van der Waals surface area contributed by atoms with E-state index in [0.29, 0.717) is 0 Å². The number of rotatable bonds is 5. The smallest absolute Gasteiger partial charge is 0.0309 e. The van der Waals surface area contributed by atoms with Crippen molar-refractivity contribution in [2.24, 2.45) is 17.6 Å². The van der Waals surface area contributed by atoms with Crippen molar-refractivity contribution in [3.05, 3.63) is 35.9 Å². The van der Waals surface area contributed by atoms with Crippen LogP contribution in [0.5, 0.6) is 0 Å². The molecule has 0 saturated heterocycles. The Morgan fingerprint density at radius 3 is 2.68 bits per heavy atom. The van der Waals surface area contributed by atoms with Crippen LogP contribution in [0.4, 0.5) is 0 Å². The lowest BCUT2D eigenvalue weighted by Gasteiger charge is -2.42. The van der Waals surface area contributed by atoms with E-state index in [1.54, 1.807) is 0 Å². The number of hydrogen-bond donors (Lipinski definition) is 2. The third-order valence-electron chi connectivity index (χ3n) is 4.73. The lowest BCUT2D eigenvalue weighted by molar-refractivity contribution is 0.152. The van der Waals surface area contributed by atoms with Crippen LogP contribution in [-0.2, 0) is 6.54 Å². The molecule has 1 aromatic rings. The SMILES string of the molecule is CC(C)C1CCCC(CN)(NCc2ccccc2)C1. The number of hydrogen-bond acceptors (Lipinski definition) is 2. The minimum absolute atomic E-state index is 0.156. The second kappa shape index (κ2) is 6.53. The lowest BCUT2D eigenvalue weighted by Crippen LogP contribution is -2.54. The minimum Gasteiger partial charge on any atom is -0.329 e. The Bertz CT molecular complexity index is 374. The third kappa shape index (κ3) is 3.80. The van der Waals surface area contributed by atoms with E-state index in [4.69, 9.17) is 5.73 Å². The second-order valence-electron chi connectivity index (χ2n) is 6.42. The molecule has 2 nitrogen and oxygen atoms in total. The molecule has 2 atom stereocenters. The number of nitrogens with two attached hydrogens (primary N) is 1. The topological polar surface area (TPSA) is 38.0 Å². The first-order valence-corrected chi connectivity index (χ1v) is 7.64. The maximum Gasteiger partial charge on any atom is 0.0309 e. The van der Waals surface area contributed by atoms with Crippen LogP contribution in [0.1, 0.15) is 45.1 Å². The van der Waals surface area contributed by atoms with Gasteiger partial charge in [0.1, 0.15) is 0 Å². The Kier molecular flexibility index (Phi) is 5.00. The molecule has 3 N–H and O–H groups in total. The molecule has 1 aromatic carbocycles. The van der Waals surface area contributed by atoms with Gasteiger partial charge in [-0.25, -0.2) is 0 Å². The minimum atomic E-state index is 0.156. The fourth-order valence-electron chi connectivity index (χ4n) is 3.28. The third-order valence-corrected chi connectivity index (χ3v) is 4.73. The van der Waals surface area contributed by atoms with Crippen molar-refractivity contribution in [1.82, 2.24) is 5.32 Å². The molecule has 1 fully saturated rings. The molecule has 0 radical (unpaired) electrons. The van der Waals surface area contributed by atoms with Crippen LogP contribution in [0.3, 0.4) is 0 Å². The van der Waals surface area contributed by atoms with Crippen molar-refractivity contribution >= 4 is 0 Å². The molecular weight excluding hydrogens is 232 g/mol. The van der Waals surface area contributed by atoms with Gasteiger partial charge in [0, 0.05) is 18.6 Å². The predicted molar refractivity (Wildman–Crippen MR) is 81.9 cm³/mol. The first kappa shape index (κ1) is 14.5. The Morgan fingerprint density at radius 1 is 1.32 bits per heavy atom. The molecule has 0 bridgehead atoms. The lowest BCUT2D eigenvalue weighted by atomic mass is 9.71. The van der Waals surface area contributed by atoms with Gasteiger partial charge in [0.05, 0.1) is 0 Å². The van der Waals surface area contributed by atoms with E-state index in [1.165, 1.54) is 31.2 Å². The van der Waals surface area contributed by atoms with Crippen molar-refractivity contribution < 1.29 is 0 Å². The van der Waals surface area contributed by atoms with Gasteiger partial charge < -0.3 is 11.1 Å². The summed E-state index contributed by atoms with van der Waals surface area (Å²) in [5.74, 6) is 1.59. The number of nitrogens with one attached hydrogen (secondary N) is 1. The maximum absolute atomic E-state index is 6.10.